The number of hydrogen-bond donors (Lipinski definition) is 0. The third kappa shape index (κ3) is 3.43. The molecule has 1 aromatic carbocycles. The molecule has 0 unspecified atom stereocenters. The van der Waals surface area contributed by atoms with Crippen molar-refractivity contribution in [1.29, 1.82) is 0 Å². The molecular formula is C20H23N3O2S. The van der Waals surface area contributed by atoms with Crippen molar-refractivity contribution >= 4 is 28.6 Å². The van der Waals surface area contributed by atoms with E-state index >= 15 is 0 Å². The van der Waals surface area contributed by atoms with Gasteiger partial charge in [-0.1, -0.05) is 30.0 Å². The van der Waals surface area contributed by atoms with Crippen LogP contribution >= 0.6 is 11.8 Å². The second kappa shape index (κ2) is 7.27. The van der Waals surface area contributed by atoms with Gasteiger partial charge in [0.1, 0.15) is 0 Å². The average molecular weight is 369 g/mol. The molecule has 2 aliphatic carbocycles. The van der Waals surface area contributed by atoms with Gasteiger partial charge in [0, 0.05) is 18.8 Å². The zero-order valence-electron chi connectivity index (χ0n) is 15.0. The molecule has 4 rings (SSSR count). The number of nitrogens with zero attached hydrogens (tertiary/aromatic N) is 3. The second-order valence-electron chi connectivity index (χ2n) is 7.00. The first kappa shape index (κ1) is 17.3. The molecule has 1 saturated carbocycles. The van der Waals surface area contributed by atoms with Crippen molar-refractivity contribution in [3.05, 3.63) is 46.4 Å². The lowest BCUT2D eigenvalue weighted by Gasteiger charge is -2.27. The van der Waals surface area contributed by atoms with Gasteiger partial charge in [0.05, 0.1) is 16.7 Å². The Morgan fingerprint density at radius 1 is 1.31 bits per heavy atom. The van der Waals surface area contributed by atoms with Crippen molar-refractivity contribution in [3.8, 4) is 0 Å². The van der Waals surface area contributed by atoms with Gasteiger partial charge in [-0.3, -0.25) is 14.2 Å². The van der Waals surface area contributed by atoms with Gasteiger partial charge < -0.3 is 4.90 Å². The van der Waals surface area contributed by atoms with Gasteiger partial charge in [0.15, 0.2) is 5.16 Å². The number of allylic oxidation sites excluding steroid dienone is 2. The highest BCUT2D eigenvalue weighted by molar-refractivity contribution is 7.99. The molecule has 1 amide bonds. The molecule has 0 bridgehead atoms. The Morgan fingerprint density at radius 2 is 2.12 bits per heavy atom. The summed E-state index contributed by atoms with van der Waals surface area (Å²) in [6.45, 7) is 0. The number of thioether (sulfide) groups is 1. The summed E-state index contributed by atoms with van der Waals surface area (Å²) in [6.07, 6.45) is 8.87. The monoisotopic (exact) mass is 369 g/mol. The minimum absolute atomic E-state index is 0.0698. The summed E-state index contributed by atoms with van der Waals surface area (Å²) >= 11 is 1.36. The summed E-state index contributed by atoms with van der Waals surface area (Å²) in [7, 11) is 1.72. The molecule has 6 heteroatoms. The number of hydrogen-bond acceptors (Lipinski definition) is 4. The van der Waals surface area contributed by atoms with Crippen LogP contribution in [0.4, 0.5) is 0 Å². The molecule has 26 heavy (non-hydrogen) atoms. The number of carbonyl (C=O) groups is 1. The van der Waals surface area contributed by atoms with Crippen LogP contribution in [0.2, 0.25) is 0 Å². The van der Waals surface area contributed by atoms with Crippen LogP contribution in [-0.4, -0.2) is 32.2 Å². The van der Waals surface area contributed by atoms with E-state index in [4.69, 9.17) is 0 Å². The van der Waals surface area contributed by atoms with Crippen LogP contribution in [0.15, 0.2) is 46.0 Å². The van der Waals surface area contributed by atoms with Crippen LogP contribution in [0.3, 0.4) is 0 Å². The zero-order valence-corrected chi connectivity index (χ0v) is 15.8. The lowest BCUT2D eigenvalue weighted by molar-refractivity contribution is -0.127. The van der Waals surface area contributed by atoms with Crippen molar-refractivity contribution in [2.24, 2.45) is 7.05 Å². The number of para-hydroxylation sites is 1. The lowest BCUT2D eigenvalue weighted by Crippen LogP contribution is -2.34. The smallest absolute Gasteiger partial charge is 0.261 e. The van der Waals surface area contributed by atoms with Gasteiger partial charge >= 0.3 is 0 Å². The summed E-state index contributed by atoms with van der Waals surface area (Å²) in [5.74, 6) is 0.444. The molecule has 0 N–H and O–H groups in total. The number of amides is 1. The number of aromatic nitrogens is 2. The van der Waals surface area contributed by atoms with Crippen molar-refractivity contribution in [2.45, 2.75) is 49.7 Å². The average Bonchev–Trinajstić information content (AvgIpc) is 3.49. The summed E-state index contributed by atoms with van der Waals surface area (Å²) in [6, 6.07) is 7.72. The molecule has 136 valence electrons. The van der Waals surface area contributed by atoms with E-state index in [1.54, 1.807) is 17.7 Å². The standard InChI is InChI=1S/C20H23N3O2S/c1-22-19(25)16-9-5-6-10-17(16)21-20(22)26-13-18(24)23(15-11-12-15)14-7-3-2-4-8-14/h5-7,9-10,15H,2-4,8,11-13H2,1H3. The maximum Gasteiger partial charge on any atom is 0.261 e. The third-order valence-electron chi connectivity index (χ3n) is 5.02. The Kier molecular flexibility index (Phi) is 4.85. The van der Waals surface area contributed by atoms with E-state index in [1.807, 2.05) is 23.1 Å². The van der Waals surface area contributed by atoms with Gasteiger partial charge in [0.25, 0.3) is 5.56 Å². The predicted octanol–water partition coefficient (Wildman–Crippen LogP) is 3.47. The van der Waals surface area contributed by atoms with Crippen LogP contribution in [0, 0.1) is 0 Å². The molecule has 2 aliphatic rings. The van der Waals surface area contributed by atoms with Crippen molar-refractivity contribution < 1.29 is 4.79 Å². The Morgan fingerprint density at radius 3 is 2.85 bits per heavy atom. The fourth-order valence-electron chi connectivity index (χ4n) is 3.49. The summed E-state index contributed by atoms with van der Waals surface area (Å²) < 4.78 is 1.54. The van der Waals surface area contributed by atoms with Crippen molar-refractivity contribution in [3.63, 3.8) is 0 Å². The minimum atomic E-state index is -0.0698. The maximum atomic E-state index is 12.9. The Hall–Kier alpha value is -2.08. The highest BCUT2D eigenvalue weighted by atomic mass is 32.2. The Bertz CT molecular complexity index is 930. The van der Waals surface area contributed by atoms with Gasteiger partial charge in [-0.05, 0) is 50.7 Å². The number of rotatable bonds is 5. The zero-order chi connectivity index (χ0) is 18.1. The molecule has 0 radical (unpaired) electrons. The Balaban J connectivity index is 1.53. The van der Waals surface area contributed by atoms with Crippen molar-refractivity contribution in [2.75, 3.05) is 5.75 Å². The molecule has 0 aliphatic heterocycles. The third-order valence-corrected chi connectivity index (χ3v) is 6.04. The second-order valence-corrected chi connectivity index (χ2v) is 7.94. The normalized spacial score (nSPS) is 17.2. The van der Waals surface area contributed by atoms with Gasteiger partial charge in [-0.25, -0.2) is 4.98 Å². The van der Waals surface area contributed by atoms with Crippen LogP contribution < -0.4 is 5.56 Å². The predicted molar refractivity (Wildman–Crippen MR) is 104 cm³/mol. The summed E-state index contributed by atoms with van der Waals surface area (Å²) in [5, 5.41) is 1.20. The highest BCUT2D eigenvalue weighted by Crippen LogP contribution is 2.34. The SMILES string of the molecule is Cn1c(SCC(=O)N(C2=CCCCC2)C2CC2)nc2ccccc2c1=O. The largest absolute Gasteiger partial charge is 0.313 e. The first-order chi connectivity index (χ1) is 12.6. The summed E-state index contributed by atoms with van der Waals surface area (Å²) in [4.78, 5) is 32.0. The lowest BCUT2D eigenvalue weighted by atomic mass is 10.0. The van der Waals surface area contributed by atoms with Crippen LogP contribution in [0.5, 0.6) is 0 Å². The van der Waals surface area contributed by atoms with Crippen LogP contribution in [0.25, 0.3) is 10.9 Å². The molecular weight excluding hydrogens is 346 g/mol. The molecule has 1 fully saturated rings. The number of fused-ring (bicyclic) bond motifs is 1. The molecule has 2 aromatic rings. The highest BCUT2D eigenvalue weighted by Gasteiger charge is 2.35. The molecule has 0 atom stereocenters. The molecule has 1 heterocycles. The van der Waals surface area contributed by atoms with E-state index in [0.29, 0.717) is 27.9 Å². The van der Waals surface area contributed by atoms with Gasteiger partial charge in [-0.2, -0.15) is 0 Å². The Labute approximate surface area is 157 Å². The van der Waals surface area contributed by atoms with E-state index < -0.39 is 0 Å². The van der Waals surface area contributed by atoms with Crippen molar-refractivity contribution in [1.82, 2.24) is 14.5 Å². The first-order valence-corrected chi connectivity index (χ1v) is 10.2. The topological polar surface area (TPSA) is 55.2 Å². The number of carbonyl (C=O) groups excluding carboxylic acids is 1. The van der Waals surface area contributed by atoms with E-state index in [2.05, 4.69) is 11.1 Å². The van der Waals surface area contributed by atoms with E-state index in [0.717, 1.165) is 32.1 Å². The van der Waals surface area contributed by atoms with Crippen LogP contribution in [-0.2, 0) is 11.8 Å². The fourth-order valence-corrected chi connectivity index (χ4v) is 4.32. The van der Waals surface area contributed by atoms with E-state index in [-0.39, 0.29) is 11.5 Å². The molecule has 1 aromatic heterocycles. The van der Waals surface area contributed by atoms with Gasteiger partial charge in [-0.15, -0.1) is 0 Å². The number of benzene rings is 1. The van der Waals surface area contributed by atoms with Gasteiger partial charge in [0.2, 0.25) is 5.91 Å². The van der Waals surface area contributed by atoms with E-state index in [1.165, 1.54) is 23.9 Å². The summed E-state index contributed by atoms with van der Waals surface area (Å²) in [5.41, 5.74) is 1.81. The molecule has 0 spiro atoms. The quantitative estimate of drug-likeness (QED) is 0.598. The van der Waals surface area contributed by atoms with Crippen LogP contribution in [0.1, 0.15) is 38.5 Å². The minimum Gasteiger partial charge on any atom is -0.313 e. The molecule has 0 saturated heterocycles. The van der Waals surface area contributed by atoms with E-state index in [9.17, 15) is 9.59 Å². The molecule has 5 nitrogen and oxygen atoms in total. The maximum absolute atomic E-state index is 12.9. The first-order valence-electron chi connectivity index (χ1n) is 9.25. The fraction of sp³-hybridized carbons (Fsp3) is 0.450.